The number of hydrogen-bond acceptors (Lipinski definition) is 10. The van der Waals surface area contributed by atoms with Crippen LogP contribution in [0, 0.1) is 11.8 Å². The maximum absolute atomic E-state index is 13.7. The minimum absolute atomic E-state index is 0.0893. The first-order valence-electron chi connectivity index (χ1n) is 11.2. The van der Waals surface area contributed by atoms with Gasteiger partial charge in [-0.1, -0.05) is 41.5 Å². The lowest BCUT2D eigenvalue weighted by molar-refractivity contribution is -0.137. The Kier molecular flexibility index (Phi) is 15.0. The SMILES string of the molecule is CCCOC(=O)OC(OP(=O)(/N=C(/N)N(C)CC(=O)O)OC(OC(=O)OCCC)C(C)C)C(C)C. The fraction of sp³-hybridized carbons (Fsp3) is 0.800. The summed E-state index contributed by atoms with van der Waals surface area (Å²) in [5.41, 5.74) is 5.80. The molecular formula is C20H38N3O11P. The standard InChI is InChI=1S/C20H38N3O11P/c1-8-10-29-19(26)31-16(13(3)4)33-35(28,22-18(21)23(7)12-15(24)25)34-17(14(5)6)32-20(27)30-11-9-2/h13-14,16-17H,8-12H2,1-7H3,(H,24,25)(H2,21,22,28). The molecule has 0 saturated carbocycles. The molecule has 0 rings (SSSR count). The minimum atomic E-state index is -4.69. The number of nitrogens with zero attached hydrogens (tertiary/aromatic N) is 2. The molecule has 0 bridgehead atoms. The third-order valence-corrected chi connectivity index (χ3v) is 5.22. The van der Waals surface area contributed by atoms with E-state index < -0.39 is 62.9 Å². The van der Waals surface area contributed by atoms with E-state index in [-0.39, 0.29) is 13.2 Å². The summed E-state index contributed by atoms with van der Waals surface area (Å²) in [5.74, 6) is -2.85. The van der Waals surface area contributed by atoms with Crippen LogP contribution in [0.3, 0.4) is 0 Å². The van der Waals surface area contributed by atoms with Crippen molar-refractivity contribution in [2.45, 2.75) is 67.0 Å². The smallest absolute Gasteiger partial charge is 0.480 e. The van der Waals surface area contributed by atoms with Crippen molar-refractivity contribution in [2.75, 3.05) is 26.8 Å². The van der Waals surface area contributed by atoms with Crippen LogP contribution in [0.4, 0.5) is 9.59 Å². The van der Waals surface area contributed by atoms with E-state index in [9.17, 15) is 18.9 Å². The Morgan fingerprint density at radius 2 is 1.31 bits per heavy atom. The average Bonchev–Trinajstić information content (AvgIpc) is 2.74. The summed E-state index contributed by atoms with van der Waals surface area (Å²) in [6.45, 7) is 9.58. The zero-order valence-electron chi connectivity index (χ0n) is 21.3. The lowest BCUT2D eigenvalue weighted by Gasteiger charge is -2.28. The maximum Gasteiger partial charge on any atom is 0.510 e. The van der Waals surface area contributed by atoms with Crippen LogP contribution in [0.2, 0.25) is 0 Å². The van der Waals surface area contributed by atoms with Crippen molar-refractivity contribution in [3.63, 3.8) is 0 Å². The summed E-state index contributed by atoms with van der Waals surface area (Å²) < 4.78 is 48.3. The van der Waals surface area contributed by atoms with E-state index in [0.717, 1.165) is 4.90 Å². The van der Waals surface area contributed by atoms with Crippen LogP contribution in [0.5, 0.6) is 0 Å². The van der Waals surface area contributed by atoms with Crippen LogP contribution < -0.4 is 5.73 Å². The molecule has 0 aromatic rings. The zero-order valence-corrected chi connectivity index (χ0v) is 22.2. The zero-order chi connectivity index (χ0) is 27.2. The first-order valence-corrected chi connectivity index (χ1v) is 12.7. The van der Waals surface area contributed by atoms with Gasteiger partial charge >= 0.3 is 26.0 Å². The van der Waals surface area contributed by atoms with Crippen molar-refractivity contribution < 1.29 is 52.1 Å². The second kappa shape index (κ2) is 16.2. The third-order valence-electron chi connectivity index (χ3n) is 3.82. The van der Waals surface area contributed by atoms with Gasteiger partial charge in [0.1, 0.15) is 6.54 Å². The first-order chi connectivity index (χ1) is 16.2. The summed E-state index contributed by atoms with van der Waals surface area (Å²) in [6, 6.07) is 0. The molecule has 0 aliphatic carbocycles. The fourth-order valence-corrected chi connectivity index (χ4v) is 3.65. The molecule has 0 saturated heterocycles. The Labute approximate surface area is 205 Å². The van der Waals surface area contributed by atoms with Gasteiger partial charge in [0.2, 0.25) is 18.5 Å². The normalized spacial score (nSPS) is 15.2. The first kappa shape index (κ1) is 32.4. The summed E-state index contributed by atoms with van der Waals surface area (Å²) >= 11 is 0. The highest BCUT2D eigenvalue weighted by atomic mass is 31.2. The lowest BCUT2D eigenvalue weighted by atomic mass is 10.2. The number of guanidine groups is 1. The molecule has 15 heteroatoms. The van der Waals surface area contributed by atoms with Gasteiger partial charge in [0.15, 0.2) is 0 Å². The number of ether oxygens (including phenoxy) is 4. The highest BCUT2D eigenvalue weighted by Gasteiger charge is 2.39. The van der Waals surface area contributed by atoms with Gasteiger partial charge < -0.3 is 34.7 Å². The third kappa shape index (κ3) is 13.8. The molecular weight excluding hydrogens is 489 g/mol. The van der Waals surface area contributed by atoms with E-state index in [4.69, 9.17) is 38.8 Å². The van der Waals surface area contributed by atoms with E-state index in [1.54, 1.807) is 41.5 Å². The number of nitrogens with two attached hydrogens (primary N) is 1. The van der Waals surface area contributed by atoms with Gasteiger partial charge in [-0.05, 0) is 12.8 Å². The number of carbonyl (C=O) groups excluding carboxylic acids is 2. The molecule has 0 radical (unpaired) electrons. The second-order valence-corrected chi connectivity index (χ2v) is 9.60. The van der Waals surface area contributed by atoms with Crippen LogP contribution in [-0.2, 0) is 37.4 Å². The van der Waals surface area contributed by atoms with Gasteiger partial charge in [-0.3, -0.25) is 4.79 Å². The monoisotopic (exact) mass is 527 g/mol. The van der Waals surface area contributed by atoms with Crippen LogP contribution in [0.25, 0.3) is 0 Å². The predicted molar refractivity (Wildman–Crippen MR) is 124 cm³/mol. The summed E-state index contributed by atoms with van der Waals surface area (Å²) in [4.78, 5) is 35.9. The number of likely N-dealkylation sites (N-methyl/N-ethyl adjacent to an activating group) is 1. The van der Waals surface area contributed by atoms with E-state index in [1.165, 1.54) is 7.05 Å². The summed E-state index contributed by atoms with van der Waals surface area (Å²) in [7, 11) is -3.41. The molecule has 0 aromatic carbocycles. The van der Waals surface area contributed by atoms with Gasteiger partial charge in [-0.25, -0.2) is 23.2 Å². The van der Waals surface area contributed by atoms with E-state index in [1.807, 2.05) is 0 Å². The van der Waals surface area contributed by atoms with Crippen molar-refractivity contribution >= 4 is 32.0 Å². The molecule has 0 aromatic heterocycles. The molecule has 204 valence electrons. The largest absolute Gasteiger partial charge is 0.510 e. The molecule has 0 amide bonds. The Bertz CT molecular complexity index is 721. The van der Waals surface area contributed by atoms with Gasteiger partial charge in [0, 0.05) is 18.9 Å². The molecule has 3 N–H and O–H groups in total. The quantitative estimate of drug-likeness (QED) is 0.104. The summed E-state index contributed by atoms with van der Waals surface area (Å²) in [5, 5.41) is 8.98. The topological polar surface area (TPSA) is 186 Å². The van der Waals surface area contributed by atoms with E-state index in [0.29, 0.717) is 12.8 Å². The number of aliphatic carboxylic acids is 1. The second-order valence-electron chi connectivity index (χ2n) is 8.04. The van der Waals surface area contributed by atoms with Crippen LogP contribution >= 0.6 is 7.75 Å². The van der Waals surface area contributed by atoms with Crippen molar-refractivity contribution in [3.8, 4) is 0 Å². The van der Waals surface area contributed by atoms with E-state index >= 15 is 0 Å². The van der Waals surface area contributed by atoms with Gasteiger partial charge in [0.25, 0.3) is 0 Å². The van der Waals surface area contributed by atoms with Crippen LogP contribution in [0.1, 0.15) is 54.4 Å². The van der Waals surface area contributed by atoms with E-state index in [2.05, 4.69) is 4.76 Å². The molecule has 35 heavy (non-hydrogen) atoms. The van der Waals surface area contributed by atoms with Gasteiger partial charge in [-0.15, -0.1) is 4.76 Å². The molecule has 2 unspecified atom stereocenters. The van der Waals surface area contributed by atoms with Crippen molar-refractivity contribution in [1.82, 2.24) is 4.90 Å². The number of carbonyl (C=O) groups is 3. The average molecular weight is 528 g/mol. The number of hydrogen-bond donors (Lipinski definition) is 2. The van der Waals surface area contributed by atoms with Crippen molar-refractivity contribution in [1.29, 1.82) is 0 Å². The van der Waals surface area contributed by atoms with Crippen molar-refractivity contribution in [3.05, 3.63) is 0 Å². The maximum atomic E-state index is 13.7. The van der Waals surface area contributed by atoms with Crippen LogP contribution in [-0.4, -0.2) is 73.6 Å². The highest BCUT2D eigenvalue weighted by Crippen LogP contribution is 2.54. The number of rotatable bonds is 15. The fourth-order valence-electron chi connectivity index (χ4n) is 2.01. The Hall–Kier alpha value is -2.57. The summed E-state index contributed by atoms with van der Waals surface area (Å²) in [6.07, 6.45) is -3.99. The number of carboxylic acid groups (broad SMARTS) is 1. The molecule has 14 nitrogen and oxygen atoms in total. The number of carboxylic acids is 1. The Morgan fingerprint density at radius 1 is 0.914 bits per heavy atom. The van der Waals surface area contributed by atoms with Crippen molar-refractivity contribution in [2.24, 2.45) is 22.3 Å². The predicted octanol–water partition coefficient (Wildman–Crippen LogP) is 3.55. The Balaban J connectivity index is 6.04. The highest BCUT2D eigenvalue weighted by molar-refractivity contribution is 7.52. The molecule has 2 atom stereocenters. The Morgan fingerprint density at radius 3 is 1.63 bits per heavy atom. The van der Waals surface area contributed by atoms with Crippen LogP contribution in [0.15, 0.2) is 4.76 Å². The molecule has 0 spiro atoms. The van der Waals surface area contributed by atoms with Gasteiger partial charge in [0.05, 0.1) is 13.2 Å². The molecule has 0 fully saturated rings. The lowest BCUT2D eigenvalue weighted by Crippen LogP contribution is -2.38. The van der Waals surface area contributed by atoms with Gasteiger partial charge in [-0.2, -0.15) is 0 Å². The molecule has 0 heterocycles. The molecule has 0 aliphatic rings. The minimum Gasteiger partial charge on any atom is -0.480 e. The molecule has 0 aliphatic heterocycles.